The summed E-state index contributed by atoms with van der Waals surface area (Å²) in [6.07, 6.45) is 2.19. The maximum atomic E-state index is 14.8. The zero-order valence-electron chi connectivity index (χ0n) is 16.6. The Labute approximate surface area is 178 Å². The monoisotopic (exact) mass is 421 g/mol. The highest BCUT2D eigenvalue weighted by atomic mass is 32.1. The van der Waals surface area contributed by atoms with E-state index < -0.39 is 0 Å². The van der Waals surface area contributed by atoms with E-state index in [1.54, 1.807) is 17.4 Å². The Morgan fingerprint density at radius 1 is 0.967 bits per heavy atom. The molecule has 1 aliphatic heterocycles. The van der Waals surface area contributed by atoms with Crippen molar-refractivity contribution in [1.29, 1.82) is 0 Å². The number of nitrogens with one attached hydrogen (secondary N) is 2. The maximum absolute atomic E-state index is 14.8. The Hall–Kier alpha value is -2.61. The fourth-order valence-electron chi connectivity index (χ4n) is 4.20. The summed E-state index contributed by atoms with van der Waals surface area (Å²) >= 11 is 1.77. The molecule has 1 saturated heterocycles. The number of halogens is 1. The zero-order chi connectivity index (χ0) is 20.3. The van der Waals surface area contributed by atoms with E-state index in [0.29, 0.717) is 12.6 Å². The molecular formula is C23H24FN5S. The van der Waals surface area contributed by atoms with Crippen LogP contribution < -0.4 is 5.32 Å². The summed E-state index contributed by atoms with van der Waals surface area (Å²) in [5.74, 6) is -0.147. The summed E-state index contributed by atoms with van der Waals surface area (Å²) in [5, 5.41) is 16.5. The first-order chi connectivity index (χ1) is 14.8. The number of aromatic nitrogens is 3. The van der Waals surface area contributed by atoms with E-state index in [0.717, 1.165) is 60.2 Å². The normalized spacial score (nSPS) is 15.3. The molecule has 4 aromatic rings. The number of fused-ring (bicyclic) bond motifs is 1. The number of nitrogens with zero attached hydrogens (tertiary/aromatic N) is 3. The number of thiophene rings is 1. The van der Waals surface area contributed by atoms with Gasteiger partial charge in [0.1, 0.15) is 16.9 Å². The highest BCUT2D eigenvalue weighted by Gasteiger charge is 2.23. The summed E-state index contributed by atoms with van der Waals surface area (Å²) < 4.78 is 14.8. The molecule has 0 unspecified atom stereocenters. The first-order valence-corrected chi connectivity index (χ1v) is 11.2. The second kappa shape index (κ2) is 8.63. The number of aromatic amines is 1. The van der Waals surface area contributed by atoms with E-state index in [1.807, 2.05) is 30.3 Å². The molecule has 0 radical (unpaired) electrons. The van der Waals surface area contributed by atoms with Crippen LogP contribution in [-0.2, 0) is 13.1 Å². The minimum atomic E-state index is -0.147. The molecule has 2 N–H and O–H groups in total. The van der Waals surface area contributed by atoms with Crippen LogP contribution in [-0.4, -0.2) is 39.4 Å². The fraction of sp³-hybridized carbons (Fsp3) is 0.304. The van der Waals surface area contributed by atoms with Gasteiger partial charge in [-0.2, -0.15) is 15.4 Å². The van der Waals surface area contributed by atoms with Crippen molar-refractivity contribution in [2.75, 3.05) is 13.1 Å². The molecule has 0 bridgehead atoms. The summed E-state index contributed by atoms with van der Waals surface area (Å²) in [4.78, 5) is 3.76. The molecule has 0 amide bonds. The number of rotatable bonds is 6. The van der Waals surface area contributed by atoms with Crippen molar-refractivity contribution in [1.82, 2.24) is 25.6 Å². The lowest BCUT2D eigenvalue weighted by molar-refractivity contribution is 0.145. The molecule has 5 rings (SSSR count). The molecule has 5 nitrogen and oxygen atoms in total. The second-order valence-electron chi connectivity index (χ2n) is 7.80. The molecule has 0 atom stereocenters. The van der Waals surface area contributed by atoms with Crippen LogP contribution in [0.2, 0.25) is 0 Å². The Bertz CT molecular complexity index is 1120. The van der Waals surface area contributed by atoms with E-state index in [-0.39, 0.29) is 5.82 Å². The SMILES string of the molecule is Fc1ccc(-c2ccc3n[nH]nc3c2)cc1CN(Cc1cccs1)C1CCNCC1. The summed E-state index contributed by atoms with van der Waals surface area (Å²) in [6, 6.07) is 16.1. The number of hydrogen-bond acceptors (Lipinski definition) is 5. The molecule has 0 spiro atoms. The molecule has 1 fully saturated rings. The molecule has 0 saturated carbocycles. The van der Waals surface area contributed by atoms with Gasteiger partial charge in [-0.05, 0) is 72.8 Å². The second-order valence-corrected chi connectivity index (χ2v) is 8.83. The lowest BCUT2D eigenvalue weighted by atomic mass is 10.00. The van der Waals surface area contributed by atoms with Gasteiger partial charge in [0.15, 0.2) is 0 Å². The van der Waals surface area contributed by atoms with Crippen LogP contribution in [0.3, 0.4) is 0 Å². The van der Waals surface area contributed by atoms with Crippen LogP contribution in [0, 0.1) is 5.82 Å². The topological polar surface area (TPSA) is 56.8 Å². The van der Waals surface area contributed by atoms with Crippen molar-refractivity contribution in [2.45, 2.75) is 32.0 Å². The Kier molecular flexibility index (Phi) is 5.57. The lowest BCUT2D eigenvalue weighted by Gasteiger charge is -2.34. The van der Waals surface area contributed by atoms with Crippen molar-refractivity contribution in [2.24, 2.45) is 0 Å². The first-order valence-electron chi connectivity index (χ1n) is 10.3. The number of piperidine rings is 1. The Balaban J connectivity index is 1.44. The van der Waals surface area contributed by atoms with Gasteiger partial charge in [0, 0.05) is 29.6 Å². The highest BCUT2D eigenvalue weighted by molar-refractivity contribution is 7.09. The molecular weight excluding hydrogens is 397 g/mol. The van der Waals surface area contributed by atoms with Gasteiger partial charge in [-0.1, -0.05) is 18.2 Å². The minimum Gasteiger partial charge on any atom is -0.317 e. The van der Waals surface area contributed by atoms with Crippen molar-refractivity contribution in [3.63, 3.8) is 0 Å². The van der Waals surface area contributed by atoms with Crippen LogP contribution in [0.4, 0.5) is 4.39 Å². The fourth-order valence-corrected chi connectivity index (χ4v) is 4.93. The van der Waals surface area contributed by atoms with Crippen molar-refractivity contribution in [3.8, 4) is 11.1 Å². The van der Waals surface area contributed by atoms with Gasteiger partial charge >= 0.3 is 0 Å². The molecule has 2 aromatic heterocycles. The van der Waals surface area contributed by atoms with Gasteiger partial charge in [-0.15, -0.1) is 11.3 Å². The molecule has 30 heavy (non-hydrogen) atoms. The predicted octanol–water partition coefficient (Wildman–Crippen LogP) is 4.58. The molecule has 1 aliphatic rings. The Morgan fingerprint density at radius 3 is 2.60 bits per heavy atom. The average molecular weight is 422 g/mol. The van der Waals surface area contributed by atoms with Gasteiger partial charge in [-0.25, -0.2) is 4.39 Å². The molecule has 3 heterocycles. The standard InChI is InChI=1S/C23H24FN5S/c24-21-5-3-16(17-4-6-22-23(13-17)27-28-26-22)12-18(21)14-29(15-20-2-1-11-30-20)19-7-9-25-10-8-19/h1-6,11-13,19,25H,7-10,14-15H2,(H,26,27,28). The first kappa shape index (κ1) is 19.4. The number of hydrogen-bond donors (Lipinski definition) is 2. The summed E-state index contributed by atoms with van der Waals surface area (Å²) in [7, 11) is 0. The molecule has 2 aromatic carbocycles. The van der Waals surface area contributed by atoms with Crippen LogP contribution >= 0.6 is 11.3 Å². The number of H-pyrrole nitrogens is 1. The van der Waals surface area contributed by atoms with Crippen LogP contribution in [0.5, 0.6) is 0 Å². The third-order valence-corrected chi connectivity index (χ3v) is 6.69. The average Bonchev–Trinajstić information content (AvgIpc) is 3.46. The summed E-state index contributed by atoms with van der Waals surface area (Å²) in [5.41, 5.74) is 4.39. The van der Waals surface area contributed by atoms with E-state index in [1.165, 1.54) is 4.88 Å². The van der Waals surface area contributed by atoms with Gasteiger partial charge in [-0.3, -0.25) is 4.90 Å². The predicted molar refractivity (Wildman–Crippen MR) is 119 cm³/mol. The quantitative estimate of drug-likeness (QED) is 0.479. The summed E-state index contributed by atoms with van der Waals surface area (Å²) in [6.45, 7) is 3.50. The smallest absolute Gasteiger partial charge is 0.127 e. The molecule has 154 valence electrons. The molecule has 7 heteroatoms. The van der Waals surface area contributed by atoms with Crippen molar-refractivity contribution >= 4 is 22.4 Å². The largest absolute Gasteiger partial charge is 0.317 e. The minimum absolute atomic E-state index is 0.147. The van der Waals surface area contributed by atoms with Crippen LogP contribution in [0.1, 0.15) is 23.3 Å². The molecule has 0 aliphatic carbocycles. The lowest BCUT2D eigenvalue weighted by Crippen LogP contribution is -2.42. The van der Waals surface area contributed by atoms with E-state index >= 15 is 0 Å². The van der Waals surface area contributed by atoms with Crippen molar-refractivity contribution in [3.05, 3.63) is 70.2 Å². The van der Waals surface area contributed by atoms with E-state index in [9.17, 15) is 4.39 Å². The van der Waals surface area contributed by atoms with Crippen LogP contribution in [0.15, 0.2) is 53.9 Å². The van der Waals surface area contributed by atoms with Gasteiger partial charge in [0.2, 0.25) is 0 Å². The van der Waals surface area contributed by atoms with Crippen LogP contribution in [0.25, 0.3) is 22.2 Å². The highest BCUT2D eigenvalue weighted by Crippen LogP contribution is 2.27. The van der Waals surface area contributed by atoms with E-state index in [4.69, 9.17) is 0 Å². The van der Waals surface area contributed by atoms with Gasteiger partial charge in [0.05, 0.1) is 0 Å². The third kappa shape index (κ3) is 4.14. The third-order valence-electron chi connectivity index (χ3n) is 5.83. The van der Waals surface area contributed by atoms with Gasteiger partial charge in [0.25, 0.3) is 0 Å². The van der Waals surface area contributed by atoms with Crippen molar-refractivity contribution < 1.29 is 4.39 Å². The number of benzene rings is 2. The van der Waals surface area contributed by atoms with E-state index in [2.05, 4.69) is 43.1 Å². The Morgan fingerprint density at radius 2 is 1.77 bits per heavy atom. The van der Waals surface area contributed by atoms with Gasteiger partial charge < -0.3 is 5.32 Å². The maximum Gasteiger partial charge on any atom is 0.127 e. The zero-order valence-corrected chi connectivity index (χ0v) is 17.5.